The van der Waals surface area contributed by atoms with E-state index in [9.17, 15) is 4.79 Å². The van der Waals surface area contributed by atoms with Crippen LogP contribution in [-0.4, -0.2) is 24.8 Å². The van der Waals surface area contributed by atoms with Gasteiger partial charge in [0.1, 0.15) is 6.61 Å². The van der Waals surface area contributed by atoms with Gasteiger partial charge in [0.15, 0.2) is 0 Å². The predicted molar refractivity (Wildman–Crippen MR) is 54.0 cm³/mol. The smallest absolute Gasteiger partial charge is 0.302 e. The van der Waals surface area contributed by atoms with E-state index in [2.05, 4.69) is 6.92 Å². The molecule has 0 aromatic rings. The zero-order valence-electron chi connectivity index (χ0n) is 8.86. The Bertz CT molecular complexity index is 211. The minimum atomic E-state index is -0.230. The zero-order chi connectivity index (χ0) is 10.4. The number of epoxide rings is 1. The van der Waals surface area contributed by atoms with Crippen LogP contribution in [0.4, 0.5) is 0 Å². The Hall–Kier alpha value is -0.830. The van der Waals surface area contributed by atoms with Crippen LogP contribution in [0.3, 0.4) is 0 Å². The third kappa shape index (κ3) is 4.42. The number of carbonyl (C=O) groups is 1. The van der Waals surface area contributed by atoms with Crippen molar-refractivity contribution in [1.82, 2.24) is 0 Å². The molecule has 1 heterocycles. The van der Waals surface area contributed by atoms with Crippen molar-refractivity contribution in [1.29, 1.82) is 0 Å². The van der Waals surface area contributed by atoms with Crippen molar-refractivity contribution in [3.63, 3.8) is 0 Å². The molecule has 1 aliphatic rings. The maximum atomic E-state index is 10.4. The van der Waals surface area contributed by atoms with Gasteiger partial charge in [0.05, 0.1) is 12.2 Å². The summed E-state index contributed by atoms with van der Waals surface area (Å²) in [4.78, 5) is 10.4. The Morgan fingerprint density at radius 3 is 2.79 bits per heavy atom. The highest BCUT2D eigenvalue weighted by molar-refractivity contribution is 5.65. The number of ether oxygens (including phenoxy) is 2. The standard InChI is InChI=1S/C11H18O3/c1-3-10-11(14-10)7-5-4-6-8-13-9(2)12/h4,6,10-11H,3,5,7-8H2,1-2H3/b6-4+. The molecule has 2 unspecified atom stereocenters. The maximum Gasteiger partial charge on any atom is 0.302 e. The van der Waals surface area contributed by atoms with Gasteiger partial charge in [-0.05, 0) is 19.3 Å². The molecule has 3 nitrogen and oxygen atoms in total. The molecule has 2 atom stereocenters. The summed E-state index contributed by atoms with van der Waals surface area (Å²) in [6, 6.07) is 0. The van der Waals surface area contributed by atoms with Gasteiger partial charge in [-0.2, -0.15) is 0 Å². The fourth-order valence-corrected chi connectivity index (χ4v) is 1.40. The summed E-state index contributed by atoms with van der Waals surface area (Å²) in [5.41, 5.74) is 0. The number of allylic oxidation sites excluding steroid dienone is 1. The lowest BCUT2D eigenvalue weighted by molar-refractivity contribution is -0.139. The second kappa shape index (κ2) is 5.81. The topological polar surface area (TPSA) is 38.8 Å². The fraction of sp³-hybridized carbons (Fsp3) is 0.727. The average molecular weight is 198 g/mol. The third-order valence-electron chi connectivity index (χ3n) is 2.26. The van der Waals surface area contributed by atoms with Crippen LogP contribution in [0.15, 0.2) is 12.2 Å². The summed E-state index contributed by atoms with van der Waals surface area (Å²) in [7, 11) is 0. The van der Waals surface area contributed by atoms with E-state index in [4.69, 9.17) is 9.47 Å². The Morgan fingerprint density at radius 2 is 2.21 bits per heavy atom. The van der Waals surface area contributed by atoms with Crippen molar-refractivity contribution in [2.75, 3.05) is 6.61 Å². The van der Waals surface area contributed by atoms with E-state index in [-0.39, 0.29) is 5.97 Å². The molecule has 0 aromatic carbocycles. The van der Waals surface area contributed by atoms with E-state index in [0.717, 1.165) is 19.3 Å². The second-order valence-corrected chi connectivity index (χ2v) is 3.47. The van der Waals surface area contributed by atoms with Gasteiger partial charge < -0.3 is 9.47 Å². The highest BCUT2D eigenvalue weighted by Gasteiger charge is 2.35. The summed E-state index contributed by atoms with van der Waals surface area (Å²) in [6.45, 7) is 3.94. The molecule has 0 amide bonds. The Balaban J connectivity index is 1.91. The molecule has 1 rings (SSSR count). The van der Waals surface area contributed by atoms with Gasteiger partial charge in [-0.25, -0.2) is 0 Å². The van der Waals surface area contributed by atoms with Gasteiger partial charge in [0.25, 0.3) is 0 Å². The molecule has 14 heavy (non-hydrogen) atoms. The van der Waals surface area contributed by atoms with Gasteiger partial charge in [0.2, 0.25) is 0 Å². The lowest BCUT2D eigenvalue weighted by Crippen LogP contribution is -1.97. The summed E-state index contributed by atoms with van der Waals surface area (Å²) in [5, 5.41) is 0. The molecule has 0 bridgehead atoms. The zero-order valence-corrected chi connectivity index (χ0v) is 8.86. The van der Waals surface area contributed by atoms with Crippen LogP contribution in [0.25, 0.3) is 0 Å². The molecule has 1 aliphatic heterocycles. The highest BCUT2D eigenvalue weighted by atomic mass is 16.6. The van der Waals surface area contributed by atoms with Crippen LogP contribution in [-0.2, 0) is 14.3 Å². The molecule has 3 heteroatoms. The van der Waals surface area contributed by atoms with Crippen LogP contribution in [0.5, 0.6) is 0 Å². The van der Waals surface area contributed by atoms with Gasteiger partial charge >= 0.3 is 5.97 Å². The molecule has 0 saturated carbocycles. The second-order valence-electron chi connectivity index (χ2n) is 3.47. The van der Waals surface area contributed by atoms with Crippen molar-refractivity contribution in [3.8, 4) is 0 Å². The normalized spacial score (nSPS) is 25.3. The number of esters is 1. The monoisotopic (exact) mass is 198 g/mol. The first-order chi connectivity index (χ1) is 6.74. The van der Waals surface area contributed by atoms with Gasteiger partial charge in [-0.1, -0.05) is 19.1 Å². The average Bonchev–Trinajstić information content (AvgIpc) is 2.89. The van der Waals surface area contributed by atoms with Gasteiger partial charge in [-0.3, -0.25) is 4.79 Å². The van der Waals surface area contributed by atoms with Crippen LogP contribution in [0.1, 0.15) is 33.1 Å². The van der Waals surface area contributed by atoms with E-state index in [1.807, 2.05) is 12.2 Å². The van der Waals surface area contributed by atoms with Crippen molar-refractivity contribution >= 4 is 5.97 Å². The molecule has 1 fully saturated rings. The van der Waals surface area contributed by atoms with E-state index in [0.29, 0.717) is 18.8 Å². The van der Waals surface area contributed by atoms with Gasteiger partial charge in [0, 0.05) is 6.92 Å². The molecule has 0 N–H and O–H groups in total. The van der Waals surface area contributed by atoms with Gasteiger partial charge in [-0.15, -0.1) is 0 Å². The Kier molecular flexibility index (Phi) is 4.66. The summed E-state index contributed by atoms with van der Waals surface area (Å²) in [6.07, 6.45) is 8.08. The lowest BCUT2D eigenvalue weighted by atomic mass is 10.1. The van der Waals surface area contributed by atoms with Crippen molar-refractivity contribution in [2.24, 2.45) is 0 Å². The lowest BCUT2D eigenvalue weighted by Gasteiger charge is -1.94. The fourth-order valence-electron chi connectivity index (χ4n) is 1.40. The SMILES string of the molecule is CCC1OC1CC/C=C/COC(C)=O. The largest absolute Gasteiger partial charge is 0.462 e. The van der Waals surface area contributed by atoms with E-state index < -0.39 is 0 Å². The predicted octanol–water partition coefficient (Wildman–Crippen LogP) is 2.06. The van der Waals surface area contributed by atoms with Crippen molar-refractivity contribution in [2.45, 2.75) is 45.3 Å². The van der Waals surface area contributed by atoms with Crippen LogP contribution in [0, 0.1) is 0 Å². The molecular formula is C11H18O3. The summed E-state index contributed by atoms with van der Waals surface area (Å²) < 4.78 is 10.1. The highest BCUT2D eigenvalue weighted by Crippen LogP contribution is 2.28. The van der Waals surface area contributed by atoms with Crippen molar-refractivity contribution in [3.05, 3.63) is 12.2 Å². The van der Waals surface area contributed by atoms with E-state index in [1.165, 1.54) is 6.92 Å². The first-order valence-corrected chi connectivity index (χ1v) is 5.18. The molecule has 0 radical (unpaired) electrons. The molecule has 1 saturated heterocycles. The number of hydrogen-bond donors (Lipinski definition) is 0. The first kappa shape index (κ1) is 11.2. The maximum absolute atomic E-state index is 10.4. The van der Waals surface area contributed by atoms with E-state index >= 15 is 0 Å². The van der Waals surface area contributed by atoms with Crippen molar-refractivity contribution < 1.29 is 14.3 Å². The van der Waals surface area contributed by atoms with E-state index in [1.54, 1.807) is 0 Å². The summed E-state index contributed by atoms with van der Waals surface area (Å²) in [5.74, 6) is -0.230. The molecular weight excluding hydrogens is 180 g/mol. The molecule has 0 aromatic heterocycles. The van der Waals surface area contributed by atoms with Crippen LogP contribution < -0.4 is 0 Å². The number of hydrogen-bond acceptors (Lipinski definition) is 3. The molecule has 80 valence electrons. The first-order valence-electron chi connectivity index (χ1n) is 5.18. The van der Waals surface area contributed by atoms with Crippen LogP contribution in [0.2, 0.25) is 0 Å². The minimum Gasteiger partial charge on any atom is -0.462 e. The van der Waals surface area contributed by atoms with Crippen LogP contribution >= 0.6 is 0 Å². The Labute approximate surface area is 85.1 Å². The molecule has 0 spiro atoms. The minimum absolute atomic E-state index is 0.230. The Morgan fingerprint density at radius 1 is 1.43 bits per heavy atom. The third-order valence-corrected chi connectivity index (χ3v) is 2.26. The number of carbonyl (C=O) groups excluding carboxylic acids is 1. The number of rotatable bonds is 6. The molecule has 0 aliphatic carbocycles. The quantitative estimate of drug-likeness (QED) is 0.372. The summed E-state index contributed by atoms with van der Waals surface area (Å²) >= 11 is 0.